The maximum Gasteiger partial charge on any atom is 0.373 e. The van der Waals surface area contributed by atoms with Crippen molar-refractivity contribution >= 4 is 36.5 Å². The lowest BCUT2D eigenvalue weighted by Gasteiger charge is -2.22. The fourth-order valence-electron chi connectivity index (χ4n) is 1.70. The van der Waals surface area contributed by atoms with Crippen LogP contribution in [-0.2, 0) is 13.6 Å². The molecule has 0 fully saturated rings. The first kappa shape index (κ1) is 20.9. The summed E-state index contributed by atoms with van der Waals surface area (Å²) in [6.07, 6.45) is 0. The molecule has 0 radical (unpaired) electrons. The smallest absolute Gasteiger partial charge is 0.352 e. The Kier molecular flexibility index (Phi) is 7.65. The van der Waals surface area contributed by atoms with E-state index in [-0.39, 0.29) is 18.9 Å². The zero-order chi connectivity index (χ0) is 18.4. The second kappa shape index (κ2) is 8.80. The van der Waals surface area contributed by atoms with Crippen LogP contribution < -0.4 is 5.32 Å². The average molecular weight is 399 g/mol. The summed E-state index contributed by atoms with van der Waals surface area (Å²) in [6.45, 7) is 2.77. The molecule has 0 heterocycles. The van der Waals surface area contributed by atoms with Gasteiger partial charge in [-0.25, -0.2) is 0 Å². The number of nitriles is 1. The molecule has 0 bridgehead atoms. The number of benzene rings is 1. The first-order chi connectivity index (χ1) is 11.2. The quantitative estimate of drug-likeness (QED) is 0.351. The number of nitrogens with zero attached hydrogens (tertiary/aromatic N) is 1. The monoisotopic (exact) mass is 398 g/mol. The van der Waals surface area contributed by atoms with Gasteiger partial charge in [0.05, 0.1) is 13.2 Å². The number of hydrogen-bond donors (Lipinski definition) is 1. The van der Waals surface area contributed by atoms with Gasteiger partial charge in [-0.2, -0.15) is 14.0 Å². The largest absolute Gasteiger partial charge is 0.373 e. The first-order valence-electron chi connectivity index (χ1n) is 6.81. The van der Waals surface area contributed by atoms with E-state index in [9.17, 15) is 18.6 Å². The molecule has 24 heavy (non-hydrogen) atoms. The highest BCUT2D eigenvalue weighted by Crippen LogP contribution is 2.58. The Balaban J connectivity index is 3.47. The van der Waals surface area contributed by atoms with Crippen molar-refractivity contribution in [1.82, 2.24) is 0 Å². The zero-order valence-electron chi connectivity index (χ0n) is 12.9. The van der Waals surface area contributed by atoms with Crippen molar-refractivity contribution in [2.75, 3.05) is 18.5 Å². The van der Waals surface area contributed by atoms with Gasteiger partial charge in [-0.15, -0.1) is 0 Å². The predicted molar refractivity (Wildman–Crippen MR) is 89.4 cm³/mol. The van der Waals surface area contributed by atoms with Gasteiger partial charge in [0.15, 0.2) is 5.31 Å². The normalized spacial score (nSPS) is 13.2. The molecule has 0 aliphatic carbocycles. The third-order valence-corrected chi connectivity index (χ3v) is 5.12. The Morgan fingerprint density at radius 2 is 1.79 bits per heavy atom. The molecule has 0 aromatic heterocycles. The Hall–Kier alpha value is -1.16. The second-order valence-corrected chi connectivity index (χ2v) is 7.17. The number of anilines is 1. The molecule has 5 nitrogen and oxygen atoms in total. The predicted octanol–water partition coefficient (Wildman–Crippen LogP) is 5.58. The van der Waals surface area contributed by atoms with Crippen LogP contribution in [0.5, 0.6) is 0 Å². The van der Waals surface area contributed by atoms with Gasteiger partial charge in [0.25, 0.3) is 0 Å². The third-order valence-electron chi connectivity index (χ3n) is 2.61. The minimum Gasteiger partial charge on any atom is -0.352 e. The van der Waals surface area contributed by atoms with Gasteiger partial charge in [0.1, 0.15) is 11.8 Å². The molecule has 1 aromatic carbocycles. The number of allylic oxidation sites excluding steroid dienone is 2. The highest BCUT2D eigenvalue weighted by atomic mass is 35.5. The van der Waals surface area contributed by atoms with Crippen molar-refractivity contribution in [3.05, 3.63) is 40.3 Å². The van der Waals surface area contributed by atoms with Crippen molar-refractivity contribution in [3.8, 4) is 6.07 Å². The highest BCUT2D eigenvalue weighted by Gasteiger charge is 2.42. The minimum atomic E-state index is -4.26. The van der Waals surface area contributed by atoms with Crippen LogP contribution in [0.15, 0.2) is 35.3 Å². The molecule has 1 rings (SSSR count). The summed E-state index contributed by atoms with van der Waals surface area (Å²) in [5.41, 5.74) is -0.902. The van der Waals surface area contributed by atoms with Crippen LogP contribution >= 0.6 is 30.8 Å². The Morgan fingerprint density at radius 1 is 1.29 bits per heavy atom. The van der Waals surface area contributed by atoms with Crippen molar-refractivity contribution < 1.29 is 22.4 Å². The first-order valence-corrected chi connectivity index (χ1v) is 9.11. The maximum absolute atomic E-state index is 13.8. The molecule has 0 aliphatic rings. The molecule has 132 valence electrons. The van der Waals surface area contributed by atoms with Gasteiger partial charge in [-0.3, -0.25) is 4.57 Å². The molecule has 0 amide bonds. The van der Waals surface area contributed by atoms with E-state index in [4.69, 9.17) is 32.2 Å². The number of alkyl halides is 3. The number of halogens is 4. The molecule has 0 saturated carbocycles. The van der Waals surface area contributed by atoms with Crippen LogP contribution in [0.25, 0.3) is 0 Å². The fourth-order valence-corrected chi connectivity index (χ4v) is 3.64. The van der Waals surface area contributed by atoms with Crippen molar-refractivity contribution in [1.29, 1.82) is 5.26 Å². The van der Waals surface area contributed by atoms with Crippen LogP contribution in [0, 0.1) is 11.3 Å². The molecular weight excluding hydrogens is 384 g/mol. The molecule has 1 aromatic rings. The van der Waals surface area contributed by atoms with Gasteiger partial charge in [-0.05, 0) is 49.7 Å². The van der Waals surface area contributed by atoms with Crippen molar-refractivity contribution in [2.45, 2.75) is 19.2 Å². The molecule has 1 N–H and O–H groups in total. The Morgan fingerprint density at radius 3 is 2.17 bits per heavy atom. The summed E-state index contributed by atoms with van der Waals surface area (Å²) in [7, 11) is -4.26. The van der Waals surface area contributed by atoms with E-state index in [1.807, 2.05) is 0 Å². The molecule has 0 aliphatic heterocycles. The Labute approximate surface area is 148 Å². The molecule has 0 atom stereocenters. The Bertz CT molecular complexity index is 675. The zero-order valence-corrected chi connectivity index (χ0v) is 15.3. The summed E-state index contributed by atoms with van der Waals surface area (Å²) in [4.78, 5) is 0. The number of nitrogens with one attached hydrogen (secondary N) is 1. The summed E-state index contributed by atoms with van der Waals surface area (Å²) in [6, 6.07) is 7.15. The number of rotatable bonds is 8. The van der Waals surface area contributed by atoms with Crippen molar-refractivity contribution in [3.63, 3.8) is 0 Å². The van der Waals surface area contributed by atoms with E-state index >= 15 is 0 Å². The van der Waals surface area contributed by atoms with E-state index in [1.54, 1.807) is 0 Å². The van der Waals surface area contributed by atoms with Crippen LogP contribution in [0.4, 0.5) is 14.5 Å². The molecule has 0 unspecified atom stereocenters. The summed E-state index contributed by atoms with van der Waals surface area (Å²) in [5.74, 6) is 0. The van der Waals surface area contributed by atoms with E-state index in [0.717, 1.165) is 0 Å². The van der Waals surface area contributed by atoms with Crippen LogP contribution in [-0.4, -0.2) is 18.6 Å². The number of hydrogen-bond acceptors (Lipinski definition) is 5. The molecule has 0 spiro atoms. The minimum absolute atomic E-state index is 0.107. The summed E-state index contributed by atoms with van der Waals surface area (Å²) in [5, 5.41) is 7.08. The topological polar surface area (TPSA) is 71.3 Å². The molecule has 0 saturated heterocycles. The maximum atomic E-state index is 13.8. The second-order valence-electron chi connectivity index (χ2n) is 4.30. The standard InChI is InChI=1S/C14H15Cl2F2N2O3P/c1-3-22-24(21,23-4-2)12(9-19)13(14(16,17)18)20-11-7-5-10(15)6-8-11/h5-8,20H,3-4H2,1-2H3/b13-12-. The van der Waals surface area contributed by atoms with Crippen molar-refractivity contribution in [2.24, 2.45) is 0 Å². The average Bonchev–Trinajstić information content (AvgIpc) is 2.48. The van der Waals surface area contributed by atoms with Gasteiger partial charge < -0.3 is 14.4 Å². The van der Waals surface area contributed by atoms with E-state index in [2.05, 4.69) is 5.32 Å². The van der Waals surface area contributed by atoms with E-state index in [1.165, 1.54) is 44.2 Å². The van der Waals surface area contributed by atoms with Crippen LogP contribution in [0.1, 0.15) is 13.8 Å². The van der Waals surface area contributed by atoms with E-state index in [0.29, 0.717) is 5.02 Å². The van der Waals surface area contributed by atoms with E-state index < -0.39 is 24.0 Å². The molecule has 10 heteroatoms. The molecular formula is C14H15Cl2F2N2O3P. The van der Waals surface area contributed by atoms with Gasteiger partial charge >= 0.3 is 13.0 Å². The highest BCUT2D eigenvalue weighted by molar-refractivity contribution is 7.59. The summed E-state index contributed by atoms with van der Waals surface area (Å²) >= 11 is 10.8. The third kappa shape index (κ3) is 5.44. The summed E-state index contributed by atoms with van der Waals surface area (Å²) < 4.78 is 50.3. The lowest BCUT2D eigenvalue weighted by molar-refractivity contribution is 0.138. The van der Waals surface area contributed by atoms with Crippen LogP contribution in [0.2, 0.25) is 5.02 Å². The van der Waals surface area contributed by atoms with Crippen LogP contribution in [0.3, 0.4) is 0 Å². The van der Waals surface area contributed by atoms with Gasteiger partial charge in [0, 0.05) is 10.7 Å². The SMILES string of the molecule is CCOP(=O)(OCC)/C(C#N)=C(\Nc1ccc(Cl)cc1)C(F)(F)Cl. The lowest BCUT2D eigenvalue weighted by Crippen LogP contribution is -2.21. The van der Waals surface area contributed by atoms with Gasteiger partial charge in [-0.1, -0.05) is 11.6 Å². The fraction of sp³-hybridized carbons (Fsp3) is 0.357. The lowest BCUT2D eigenvalue weighted by atomic mass is 10.3. The van der Waals surface area contributed by atoms with Gasteiger partial charge in [0.2, 0.25) is 0 Å².